The molecule has 2 rings (SSSR count). The maximum absolute atomic E-state index is 5.60. The lowest BCUT2D eigenvalue weighted by Crippen LogP contribution is -2.30. The van der Waals surface area contributed by atoms with E-state index in [1.807, 2.05) is 0 Å². The monoisotopic (exact) mass is 265 g/mol. The van der Waals surface area contributed by atoms with Crippen LogP contribution in [0.3, 0.4) is 0 Å². The molecule has 1 atom stereocenters. The zero-order valence-corrected chi connectivity index (χ0v) is 11.6. The molecule has 2 heterocycles. The summed E-state index contributed by atoms with van der Waals surface area (Å²) in [4.78, 5) is 8.32. The predicted octanol–water partition coefficient (Wildman–Crippen LogP) is 2.03. The summed E-state index contributed by atoms with van der Waals surface area (Å²) in [5.41, 5.74) is 0. The zero-order valence-electron chi connectivity index (χ0n) is 11.6. The molecule has 0 radical (unpaired) electrons. The number of rotatable bonds is 7. The Hall–Kier alpha value is -1.36. The van der Waals surface area contributed by atoms with Gasteiger partial charge in [0, 0.05) is 12.3 Å². The number of nitrogens with one attached hydrogen (secondary N) is 1. The van der Waals surface area contributed by atoms with Crippen LogP contribution >= 0.6 is 0 Å². The van der Waals surface area contributed by atoms with E-state index in [2.05, 4.69) is 22.2 Å². The van der Waals surface area contributed by atoms with Gasteiger partial charge in [-0.05, 0) is 44.7 Å². The SMILES string of the molecule is CCCOc1ccnc(OCCC2CCCNC2)n1. The standard InChI is InChI=1S/C14H23N3O2/c1-2-9-18-13-5-8-16-14(17-13)19-10-6-12-4-3-7-15-11-12/h5,8,12,15H,2-4,6-7,9-11H2,1H3. The van der Waals surface area contributed by atoms with Crippen molar-refractivity contribution in [1.29, 1.82) is 0 Å². The molecule has 19 heavy (non-hydrogen) atoms. The summed E-state index contributed by atoms with van der Waals surface area (Å²) in [7, 11) is 0. The highest BCUT2D eigenvalue weighted by Crippen LogP contribution is 2.15. The van der Waals surface area contributed by atoms with Gasteiger partial charge in [-0.15, -0.1) is 0 Å². The van der Waals surface area contributed by atoms with Gasteiger partial charge in [-0.2, -0.15) is 4.98 Å². The van der Waals surface area contributed by atoms with Crippen LogP contribution in [-0.4, -0.2) is 36.3 Å². The molecule has 0 aliphatic carbocycles. The molecule has 5 nitrogen and oxygen atoms in total. The quantitative estimate of drug-likeness (QED) is 0.817. The lowest BCUT2D eigenvalue weighted by molar-refractivity contribution is 0.233. The fourth-order valence-electron chi connectivity index (χ4n) is 2.17. The van der Waals surface area contributed by atoms with Crippen molar-refractivity contribution in [3.05, 3.63) is 12.3 Å². The molecule has 106 valence electrons. The Bertz CT molecular complexity index is 367. The van der Waals surface area contributed by atoms with Gasteiger partial charge in [-0.25, -0.2) is 4.98 Å². The third kappa shape index (κ3) is 5.03. The van der Waals surface area contributed by atoms with E-state index in [0.29, 0.717) is 31.0 Å². The first-order chi connectivity index (χ1) is 9.38. The molecule has 1 saturated heterocycles. The van der Waals surface area contributed by atoms with Crippen LogP contribution < -0.4 is 14.8 Å². The molecular weight excluding hydrogens is 242 g/mol. The van der Waals surface area contributed by atoms with Crippen molar-refractivity contribution in [1.82, 2.24) is 15.3 Å². The van der Waals surface area contributed by atoms with Crippen molar-refractivity contribution in [2.24, 2.45) is 5.92 Å². The molecule has 1 N–H and O–H groups in total. The fourth-order valence-corrected chi connectivity index (χ4v) is 2.17. The van der Waals surface area contributed by atoms with Crippen LogP contribution in [0.25, 0.3) is 0 Å². The van der Waals surface area contributed by atoms with Crippen LogP contribution in [0.15, 0.2) is 12.3 Å². The molecular formula is C14H23N3O2. The summed E-state index contributed by atoms with van der Waals surface area (Å²) >= 11 is 0. The second-order valence-corrected chi connectivity index (χ2v) is 4.88. The smallest absolute Gasteiger partial charge is 0.319 e. The summed E-state index contributed by atoms with van der Waals surface area (Å²) < 4.78 is 11.1. The van der Waals surface area contributed by atoms with Crippen LogP contribution in [0.4, 0.5) is 0 Å². The molecule has 1 aromatic rings. The highest BCUT2D eigenvalue weighted by Gasteiger charge is 2.13. The van der Waals surface area contributed by atoms with E-state index in [4.69, 9.17) is 9.47 Å². The van der Waals surface area contributed by atoms with Gasteiger partial charge in [-0.3, -0.25) is 0 Å². The summed E-state index contributed by atoms with van der Waals surface area (Å²) in [6, 6.07) is 2.17. The summed E-state index contributed by atoms with van der Waals surface area (Å²) in [6.07, 6.45) is 6.25. The van der Waals surface area contributed by atoms with E-state index in [0.717, 1.165) is 25.9 Å². The van der Waals surface area contributed by atoms with E-state index in [1.165, 1.54) is 12.8 Å². The molecule has 1 fully saturated rings. The molecule has 0 saturated carbocycles. The predicted molar refractivity (Wildman–Crippen MR) is 73.5 cm³/mol. The van der Waals surface area contributed by atoms with Crippen LogP contribution in [-0.2, 0) is 0 Å². The molecule has 0 spiro atoms. The summed E-state index contributed by atoms with van der Waals surface area (Å²) in [5.74, 6) is 1.31. The number of hydrogen-bond donors (Lipinski definition) is 1. The second-order valence-electron chi connectivity index (χ2n) is 4.88. The minimum Gasteiger partial charge on any atom is -0.478 e. The van der Waals surface area contributed by atoms with Crippen LogP contribution in [0.1, 0.15) is 32.6 Å². The maximum atomic E-state index is 5.60. The Labute approximate surface area is 114 Å². The maximum Gasteiger partial charge on any atom is 0.319 e. The lowest BCUT2D eigenvalue weighted by atomic mass is 9.97. The Balaban J connectivity index is 1.72. The Kier molecular flexibility index (Phi) is 5.88. The number of nitrogens with zero attached hydrogens (tertiary/aromatic N) is 2. The molecule has 1 unspecified atom stereocenters. The molecule has 1 aromatic heterocycles. The van der Waals surface area contributed by atoms with Crippen molar-refractivity contribution in [3.8, 4) is 11.9 Å². The minimum atomic E-state index is 0.414. The van der Waals surface area contributed by atoms with Crippen molar-refractivity contribution >= 4 is 0 Å². The molecule has 0 amide bonds. The molecule has 0 bridgehead atoms. The highest BCUT2D eigenvalue weighted by atomic mass is 16.5. The summed E-state index contributed by atoms with van der Waals surface area (Å²) in [6.45, 7) is 5.66. The van der Waals surface area contributed by atoms with Crippen LogP contribution in [0.2, 0.25) is 0 Å². The van der Waals surface area contributed by atoms with E-state index in [-0.39, 0.29) is 0 Å². The van der Waals surface area contributed by atoms with Crippen molar-refractivity contribution in [2.75, 3.05) is 26.3 Å². The lowest BCUT2D eigenvalue weighted by Gasteiger charge is -2.22. The van der Waals surface area contributed by atoms with Crippen molar-refractivity contribution < 1.29 is 9.47 Å². The van der Waals surface area contributed by atoms with E-state index in [9.17, 15) is 0 Å². The van der Waals surface area contributed by atoms with Crippen molar-refractivity contribution in [3.63, 3.8) is 0 Å². The van der Waals surface area contributed by atoms with Gasteiger partial charge in [0.25, 0.3) is 0 Å². The average molecular weight is 265 g/mol. The van der Waals surface area contributed by atoms with Gasteiger partial charge in [-0.1, -0.05) is 6.92 Å². The van der Waals surface area contributed by atoms with Gasteiger partial charge in [0.2, 0.25) is 5.88 Å². The third-order valence-corrected chi connectivity index (χ3v) is 3.22. The van der Waals surface area contributed by atoms with Crippen LogP contribution in [0.5, 0.6) is 11.9 Å². The van der Waals surface area contributed by atoms with E-state index < -0.39 is 0 Å². The topological polar surface area (TPSA) is 56.3 Å². The van der Waals surface area contributed by atoms with E-state index >= 15 is 0 Å². The number of hydrogen-bond acceptors (Lipinski definition) is 5. The first kappa shape index (κ1) is 14.1. The first-order valence-electron chi connectivity index (χ1n) is 7.18. The van der Waals surface area contributed by atoms with Crippen molar-refractivity contribution in [2.45, 2.75) is 32.6 Å². The van der Waals surface area contributed by atoms with Gasteiger partial charge in [0.15, 0.2) is 0 Å². The molecule has 1 aliphatic heterocycles. The van der Waals surface area contributed by atoms with Gasteiger partial charge in [0.05, 0.1) is 13.2 Å². The largest absolute Gasteiger partial charge is 0.478 e. The van der Waals surface area contributed by atoms with Gasteiger partial charge < -0.3 is 14.8 Å². The normalized spacial score (nSPS) is 19.1. The molecule has 5 heteroatoms. The Morgan fingerprint density at radius 3 is 3.11 bits per heavy atom. The van der Waals surface area contributed by atoms with Crippen LogP contribution in [0, 0.1) is 5.92 Å². The van der Waals surface area contributed by atoms with Gasteiger partial charge >= 0.3 is 6.01 Å². The fraction of sp³-hybridized carbons (Fsp3) is 0.714. The number of ether oxygens (including phenoxy) is 2. The number of piperidine rings is 1. The number of aromatic nitrogens is 2. The molecule has 0 aromatic carbocycles. The Morgan fingerprint density at radius 1 is 1.37 bits per heavy atom. The highest BCUT2D eigenvalue weighted by molar-refractivity contribution is 5.10. The molecule has 1 aliphatic rings. The van der Waals surface area contributed by atoms with E-state index in [1.54, 1.807) is 12.3 Å². The van der Waals surface area contributed by atoms with Gasteiger partial charge in [0.1, 0.15) is 0 Å². The average Bonchev–Trinajstić information content (AvgIpc) is 2.47. The second kappa shape index (κ2) is 7.94. The zero-order chi connectivity index (χ0) is 13.3. The third-order valence-electron chi connectivity index (χ3n) is 3.22. The minimum absolute atomic E-state index is 0.414. The Morgan fingerprint density at radius 2 is 2.32 bits per heavy atom. The summed E-state index contributed by atoms with van der Waals surface area (Å²) in [5, 5.41) is 3.41. The first-order valence-corrected chi connectivity index (χ1v) is 7.18.